The molecule has 96 valence electrons. The van der Waals surface area contributed by atoms with Gasteiger partial charge in [0.15, 0.2) is 0 Å². The van der Waals surface area contributed by atoms with Crippen molar-refractivity contribution in [2.75, 3.05) is 0 Å². The zero-order valence-corrected chi connectivity index (χ0v) is 11.2. The van der Waals surface area contributed by atoms with Gasteiger partial charge in [-0.3, -0.25) is 9.69 Å². The van der Waals surface area contributed by atoms with E-state index in [4.69, 9.17) is 0 Å². The molecule has 1 unspecified atom stereocenters. The minimum absolute atomic E-state index is 0.203. The van der Waals surface area contributed by atoms with E-state index in [0.717, 1.165) is 5.56 Å². The summed E-state index contributed by atoms with van der Waals surface area (Å²) in [7, 11) is 0. The largest absolute Gasteiger partial charge is 0.325 e. The molecule has 4 heteroatoms. The van der Waals surface area contributed by atoms with Crippen molar-refractivity contribution in [3.05, 3.63) is 35.9 Å². The van der Waals surface area contributed by atoms with Crippen LogP contribution < -0.4 is 5.32 Å². The maximum absolute atomic E-state index is 12.5. The Bertz CT molecular complexity index is 490. The highest BCUT2D eigenvalue weighted by atomic mass is 16.2. The Hall–Kier alpha value is -1.84. The summed E-state index contributed by atoms with van der Waals surface area (Å²) in [6, 6.07) is 8.97. The first-order valence-electron chi connectivity index (χ1n) is 5.99. The molecule has 0 aromatic heterocycles. The van der Waals surface area contributed by atoms with Gasteiger partial charge in [-0.05, 0) is 33.3 Å². The molecule has 1 fully saturated rings. The predicted octanol–water partition coefficient (Wildman–Crippen LogP) is 2.25. The third-order valence-corrected chi connectivity index (χ3v) is 3.21. The van der Waals surface area contributed by atoms with Crippen LogP contribution in [0.1, 0.15) is 33.3 Å². The van der Waals surface area contributed by atoms with E-state index in [0.29, 0.717) is 0 Å². The lowest BCUT2D eigenvalue weighted by atomic mass is 9.91. The van der Waals surface area contributed by atoms with Crippen LogP contribution in [0.5, 0.6) is 0 Å². The van der Waals surface area contributed by atoms with Crippen molar-refractivity contribution in [3.63, 3.8) is 0 Å². The van der Waals surface area contributed by atoms with Crippen LogP contribution >= 0.6 is 0 Å². The minimum atomic E-state index is -0.967. The molecule has 0 spiro atoms. The van der Waals surface area contributed by atoms with Gasteiger partial charge in [0.25, 0.3) is 5.91 Å². The number of nitrogens with zero attached hydrogens (tertiary/aromatic N) is 1. The molecule has 0 saturated carbocycles. The van der Waals surface area contributed by atoms with Gasteiger partial charge in [0, 0.05) is 5.54 Å². The van der Waals surface area contributed by atoms with E-state index in [9.17, 15) is 9.59 Å². The van der Waals surface area contributed by atoms with Crippen molar-refractivity contribution in [1.29, 1.82) is 0 Å². The molecule has 1 N–H and O–H groups in total. The van der Waals surface area contributed by atoms with Crippen molar-refractivity contribution in [3.8, 4) is 0 Å². The number of hydrogen-bond donors (Lipinski definition) is 1. The first-order valence-corrected chi connectivity index (χ1v) is 5.99. The number of imide groups is 1. The highest BCUT2D eigenvalue weighted by Crippen LogP contribution is 2.32. The molecule has 1 heterocycles. The zero-order chi connectivity index (χ0) is 13.6. The number of hydrogen-bond acceptors (Lipinski definition) is 2. The van der Waals surface area contributed by atoms with E-state index in [1.165, 1.54) is 4.90 Å². The second kappa shape index (κ2) is 3.83. The smallest absolute Gasteiger partial charge is 0.319 e. The van der Waals surface area contributed by atoms with Crippen LogP contribution in [0.4, 0.5) is 4.79 Å². The molecule has 2 rings (SSSR count). The summed E-state index contributed by atoms with van der Waals surface area (Å²) >= 11 is 0. The third kappa shape index (κ3) is 1.78. The van der Waals surface area contributed by atoms with E-state index < -0.39 is 11.1 Å². The SMILES string of the molecule is CC1(c2ccccc2)NC(=O)N(C(C)(C)C)C1=O. The second-order valence-electron chi connectivity index (χ2n) is 5.73. The van der Waals surface area contributed by atoms with Crippen LogP contribution in [0.3, 0.4) is 0 Å². The first kappa shape index (κ1) is 12.6. The highest BCUT2D eigenvalue weighted by Gasteiger charge is 2.52. The van der Waals surface area contributed by atoms with Gasteiger partial charge in [0.05, 0.1) is 0 Å². The molecule has 1 aromatic carbocycles. The molecule has 1 aliphatic rings. The standard InChI is InChI=1S/C14H18N2O2/c1-13(2,3)16-11(17)14(4,15-12(16)18)10-8-6-5-7-9-10/h5-9H,1-4H3,(H,15,18). The molecule has 4 nitrogen and oxygen atoms in total. The lowest BCUT2D eigenvalue weighted by Gasteiger charge is -2.30. The number of nitrogens with one attached hydrogen (secondary N) is 1. The molecular weight excluding hydrogens is 228 g/mol. The van der Waals surface area contributed by atoms with Crippen molar-refractivity contribution < 1.29 is 9.59 Å². The monoisotopic (exact) mass is 246 g/mol. The molecule has 3 amide bonds. The Morgan fingerprint density at radius 2 is 1.67 bits per heavy atom. The van der Waals surface area contributed by atoms with Gasteiger partial charge in [0.2, 0.25) is 0 Å². The Kier molecular flexibility index (Phi) is 2.69. The average Bonchev–Trinajstić information content (AvgIpc) is 2.51. The van der Waals surface area contributed by atoms with Crippen LogP contribution in [-0.2, 0) is 10.3 Å². The maximum Gasteiger partial charge on any atom is 0.325 e. The summed E-state index contributed by atoms with van der Waals surface area (Å²) in [5, 5.41) is 2.79. The predicted molar refractivity (Wildman–Crippen MR) is 68.9 cm³/mol. The van der Waals surface area contributed by atoms with Crippen molar-refractivity contribution in [2.45, 2.75) is 38.8 Å². The number of carbonyl (C=O) groups is 2. The molecule has 18 heavy (non-hydrogen) atoms. The van der Waals surface area contributed by atoms with Gasteiger partial charge in [-0.15, -0.1) is 0 Å². The average molecular weight is 246 g/mol. The summed E-state index contributed by atoms with van der Waals surface area (Å²) in [4.78, 5) is 25.8. The van der Waals surface area contributed by atoms with Gasteiger partial charge in [-0.25, -0.2) is 4.79 Å². The fraction of sp³-hybridized carbons (Fsp3) is 0.429. The molecule has 1 aliphatic heterocycles. The number of rotatable bonds is 1. The van der Waals surface area contributed by atoms with Crippen LogP contribution in [0.15, 0.2) is 30.3 Å². The quantitative estimate of drug-likeness (QED) is 0.773. The van der Waals surface area contributed by atoms with E-state index >= 15 is 0 Å². The van der Waals surface area contributed by atoms with Crippen LogP contribution in [0.2, 0.25) is 0 Å². The van der Waals surface area contributed by atoms with Gasteiger partial charge < -0.3 is 5.32 Å². The Morgan fingerprint density at radius 1 is 1.11 bits per heavy atom. The Morgan fingerprint density at radius 3 is 2.11 bits per heavy atom. The van der Waals surface area contributed by atoms with E-state index in [-0.39, 0.29) is 11.9 Å². The van der Waals surface area contributed by atoms with Gasteiger partial charge >= 0.3 is 6.03 Å². The Balaban J connectivity index is 2.45. The summed E-state index contributed by atoms with van der Waals surface area (Å²) in [6.45, 7) is 7.29. The van der Waals surface area contributed by atoms with Gasteiger partial charge in [-0.1, -0.05) is 30.3 Å². The molecular formula is C14H18N2O2. The third-order valence-electron chi connectivity index (χ3n) is 3.21. The number of carbonyl (C=O) groups excluding carboxylic acids is 2. The molecule has 0 radical (unpaired) electrons. The summed E-state index contributed by atoms with van der Waals surface area (Å²) < 4.78 is 0. The number of amides is 3. The van der Waals surface area contributed by atoms with Crippen LogP contribution in [0, 0.1) is 0 Å². The fourth-order valence-electron chi connectivity index (χ4n) is 2.22. The lowest BCUT2D eigenvalue weighted by molar-refractivity contribution is -0.134. The molecule has 0 aliphatic carbocycles. The molecule has 0 bridgehead atoms. The van der Waals surface area contributed by atoms with Crippen LogP contribution in [0.25, 0.3) is 0 Å². The highest BCUT2D eigenvalue weighted by molar-refractivity contribution is 6.07. The summed E-state index contributed by atoms with van der Waals surface area (Å²) in [5.74, 6) is -0.203. The normalized spacial score (nSPS) is 24.3. The topological polar surface area (TPSA) is 49.4 Å². The van der Waals surface area contributed by atoms with E-state index in [2.05, 4.69) is 5.32 Å². The first-order chi connectivity index (χ1) is 8.27. The Labute approximate surface area is 107 Å². The summed E-state index contributed by atoms with van der Waals surface area (Å²) in [6.07, 6.45) is 0. The van der Waals surface area contributed by atoms with Crippen molar-refractivity contribution in [2.24, 2.45) is 0 Å². The molecule has 1 atom stereocenters. The van der Waals surface area contributed by atoms with Gasteiger partial charge in [0.1, 0.15) is 5.54 Å². The second-order valence-corrected chi connectivity index (χ2v) is 5.73. The van der Waals surface area contributed by atoms with Gasteiger partial charge in [-0.2, -0.15) is 0 Å². The number of benzene rings is 1. The fourth-order valence-corrected chi connectivity index (χ4v) is 2.22. The summed E-state index contributed by atoms with van der Waals surface area (Å²) in [5.41, 5.74) is -0.686. The minimum Gasteiger partial charge on any atom is -0.319 e. The number of urea groups is 1. The van der Waals surface area contributed by atoms with E-state index in [1.807, 2.05) is 51.1 Å². The van der Waals surface area contributed by atoms with E-state index in [1.54, 1.807) is 6.92 Å². The van der Waals surface area contributed by atoms with Crippen molar-refractivity contribution >= 4 is 11.9 Å². The maximum atomic E-state index is 12.5. The molecule has 1 aromatic rings. The van der Waals surface area contributed by atoms with Crippen molar-refractivity contribution in [1.82, 2.24) is 10.2 Å². The zero-order valence-electron chi connectivity index (χ0n) is 11.2. The van der Waals surface area contributed by atoms with Crippen LogP contribution in [-0.4, -0.2) is 22.4 Å². The lowest BCUT2D eigenvalue weighted by Crippen LogP contribution is -2.47. The molecule has 1 saturated heterocycles.